The van der Waals surface area contributed by atoms with Crippen molar-refractivity contribution >= 4 is 21.7 Å². The highest BCUT2D eigenvalue weighted by molar-refractivity contribution is 9.09. The molecule has 1 aliphatic carbocycles. The van der Waals surface area contributed by atoms with E-state index in [0.717, 1.165) is 13.1 Å². The van der Waals surface area contributed by atoms with Crippen LogP contribution in [0.4, 0.5) is 0 Å². The van der Waals surface area contributed by atoms with Crippen LogP contribution < -0.4 is 0 Å². The number of carbonyl (C=O) groups excluding carboxylic acids is 1. The van der Waals surface area contributed by atoms with E-state index >= 15 is 0 Å². The molecule has 0 aromatic rings. The number of halogens is 1. The van der Waals surface area contributed by atoms with Crippen molar-refractivity contribution < 1.29 is 4.79 Å². The molecule has 1 spiro atoms. The maximum atomic E-state index is 12.0. The summed E-state index contributed by atoms with van der Waals surface area (Å²) in [5.41, 5.74) is 0.355. The second-order valence-electron chi connectivity index (χ2n) is 6.31. The fourth-order valence-electron chi connectivity index (χ4n) is 3.50. The minimum atomic E-state index is -0.288. The van der Waals surface area contributed by atoms with Gasteiger partial charge in [-0.1, -0.05) is 28.8 Å². The zero-order valence-electron chi connectivity index (χ0n) is 11.1. The number of hydrogen-bond donors (Lipinski definition) is 0. The van der Waals surface area contributed by atoms with Gasteiger partial charge in [-0.05, 0) is 58.0 Å². The van der Waals surface area contributed by atoms with E-state index in [2.05, 4.69) is 34.7 Å². The SMILES string of the molecule is CC(C)(C(=O)CBr)N1CCC2(CCCC2)CC1. The van der Waals surface area contributed by atoms with Crippen molar-refractivity contribution in [3.05, 3.63) is 0 Å². The molecule has 0 aromatic heterocycles. The molecule has 98 valence electrons. The maximum Gasteiger partial charge on any atom is 0.162 e. The highest BCUT2D eigenvalue weighted by Crippen LogP contribution is 2.46. The van der Waals surface area contributed by atoms with Gasteiger partial charge in [-0.15, -0.1) is 0 Å². The van der Waals surface area contributed by atoms with Crippen molar-refractivity contribution in [3.8, 4) is 0 Å². The van der Waals surface area contributed by atoms with Crippen LogP contribution >= 0.6 is 15.9 Å². The van der Waals surface area contributed by atoms with E-state index in [9.17, 15) is 4.79 Å². The maximum absolute atomic E-state index is 12.0. The molecule has 0 unspecified atom stereocenters. The van der Waals surface area contributed by atoms with Crippen molar-refractivity contribution in [2.45, 2.75) is 57.9 Å². The predicted molar refractivity (Wildman–Crippen MR) is 74.6 cm³/mol. The molecule has 2 fully saturated rings. The molecule has 2 aliphatic rings. The van der Waals surface area contributed by atoms with Crippen LogP contribution in [0.3, 0.4) is 0 Å². The Morgan fingerprint density at radius 3 is 2.18 bits per heavy atom. The lowest BCUT2D eigenvalue weighted by molar-refractivity contribution is -0.128. The third kappa shape index (κ3) is 2.60. The molecular formula is C14H24BrNO. The first-order valence-corrected chi connectivity index (χ1v) is 7.97. The van der Waals surface area contributed by atoms with Gasteiger partial charge in [0.15, 0.2) is 5.78 Å². The highest BCUT2D eigenvalue weighted by atomic mass is 79.9. The monoisotopic (exact) mass is 301 g/mol. The topological polar surface area (TPSA) is 20.3 Å². The summed E-state index contributed by atoms with van der Waals surface area (Å²) in [5, 5.41) is 0.474. The Kier molecular flexibility index (Phi) is 3.99. The van der Waals surface area contributed by atoms with E-state index in [0.29, 0.717) is 16.5 Å². The van der Waals surface area contributed by atoms with Crippen LogP contribution in [-0.4, -0.2) is 34.6 Å². The summed E-state index contributed by atoms with van der Waals surface area (Å²) in [6, 6.07) is 0. The van der Waals surface area contributed by atoms with Gasteiger partial charge in [0.05, 0.1) is 10.9 Å². The number of likely N-dealkylation sites (tertiary alicyclic amines) is 1. The lowest BCUT2D eigenvalue weighted by Gasteiger charge is -2.45. The molecule has 2 nitrogen and oxygen atoms in total. The van der Waals surface area contributed by atoms with Crippen LogP contribution in [0, 0.1) is 5.41 Å². The van der Waals surface area contributed by atoms with Crippen molar-refractivity contribution in [2.75, 3.05) is 18.4 Å². The Morgan fingerprint density at radius 2 is 1.71 bits per heavy atom. The van der Waals surface area contributed by atoms with Crippen LogP contribution in [-0.2, 0) is 4.79 Å². The number of rotatable bonds is 3. The van der Waals surface area contributed by atoms with Crippen LogP contribution in [0.2, 0.25) is 0 Å². The van der Waals surface area contributed by atoms with Crippen LogP contribution in [0.5, 0.6) is 0 Å². The Bertz CT molecular complexity index is 285. The fraction of sp³-hybridized carbons (Fsp3) is 0.929. The molecular weight excluding hydrogens is 278 g/mol. The first-order chi connectivity index (χ1) is 8.00. The minimum absolute atomic E-state index is 0.288. The lowest BCUT2D eigenvalue weighted by Crippen LogP contribution is -2.54. The number of nitrogens with zero attached hydrogens (tertiary/aromatic N) is 1. The normalized spacial score (nSPS) is 25.4. The van der Waals surface area contributed by atoms with Gasteiger partial charge in [0.25, 0.3) is 0 Å². The van der Waals surface area contributed by atoms with Crippen molar-refractivity contribution in [1.29, 1.82) is 0 Å². The van der Waals surface area contributed by atoms with Crippen molar-refractivity contribution in [1.82, 2.24) is 4.90 Å². The van der Waals surface area contributed by atoms with Gasteiger partial charge in [0, 0.05) is 0 Å². The van der Waals surface area contributed by atoms with Crippen LogP contribution in [0.25, 0.3) is 0 Å². The summed E-state index contributed by atoms with van der Waals surface area (Å²) in [6.07, 6.45) is 8.28. The summed E-state index contributed by atoms with van der Waals surface area (Å²) >= 11 is 3.30. The number of carbonyl (C=O) groups is 1. The third-order valence-electron chi connectivity index (χ3n) is 5.08. The zero-order chi connectivity index (χ0) is 12.5. The molecule has 0 radical (unpaired) electrons. The van der Waals surface area contributed by atoms with Gasteiger partial charge < -0.3 is 0 Å². The molecule has 1 saturated heterocycles. The van der Waals surface area contributed by atoms with Gasteiger partial charge in [-0.3, -0.25) is 9.69 Å². The molecule has 3 heteroatoms. The average molecular weight is 302 g/mol. The lowest BCUT2D eigenvalue weighted by atomic mass is 9.76. The summed E-state index contributed by atoms with van der Waals surface area (Å²) < 4.78 is 0. The molecule has 0 atom stereocenters. The highest BCUT2D eigenvalue weighted by Gasteiger charge is 2.42. The molecule has 1 heterocycles. The van der Waals surface area contributed by atoms with Crippen molar-refractivity contribution in [3.63, 3.8) is 0 Å². The molecule has 17 heavy (non-hydrogen) atoms. The van der Waals surface area contributed by atoms with Crippen molar-refractivity contribution in [2.24, 2.45) is 5.41 Å². The second kappa shape index (κ2) is 5.00. The Morgan fingerprint density at radius 1 is 1.18 bits per heavy atom. The second-order valence-corrected chi connectivity index (χ2v) is 6.87. The molecule has 0 N–H and O–H groups in total. The zero-order valence-corrected chi connectivity index (χ0v) is 12.7. The third-order valence-corrected chi connectivity index (χ3v) is 5.59. The molecule has 0 aromatic carbocycles. The van der Waals surface area contributed by atoms with Crippen LogP contribution in [0.15, 0.2) is 0 Å². The first-order valence-electron chi connectivity index (χ1n) is 6.85. The van der Waals surface area contributed by atoms with Gasteiger partial charge in [0.1, 0.15) is 0 Å². The summed E-state index contributed by atoms with van der Waals surface area (Å²) in [5.74, 6) is 0.305. The van der Waals surface area contributed by atoms with E-state index in [4.69, 9.17) is 0 Å². The number of ketones is 1. The summed E-state index contributed by atoms with van der Waals surface area (Å²) in [4.78, 5) is 14.3. The Hall–Kier alpha value is 0.110. The van der Waals surface area contributed by atoms with Crippen LogP contribution in [0.1, 0.15) is 52.4 Å². The predicted octanol–water partition coefficient (Wildman–Crippen LogP) is 3.39. The van der Waals surface area contributed by atoms with E-state index in [1.54, 1.807) is 0 Å². The van der Waals surface area contributed by atoms with Gasteiger partial charge in [-0.2, -0.15) is 0 Å². The largest absolute Gasteiger partial charge is 0.297 e. The van der Waals surface area contributed by atoms with E-state index in [-0.39, 0.29) is 5.54 Å². The van der Waals surface area contributed by atoms with Gasteiger partial charge >= 0.3 is 0 Å². The first kappa shape index (κ1) is 13.5. The fourth-order valence-corrected chi connectivity index (χ4v) is 4.19. The summed E-state index contributed by atoms with van der Waals surface area (Å²) in [6.45, 7) is 6.35. The minimum Gasteiger partial charge on any atom is -0.297 e. The number of piperidine rings is 1. The van der Waals surface area contributed by atoms with E-state index in [1.807, 2.05) is 0 Å². The Labute approximate surface area is 113 Å². The molecule has 0 amide bonds. The number of Topliss-reactive ketones (excluding diaryl/α,β-unsaturated/α-hetero) is 1. The number of alkyl halides is 1. The van der Waals surface area contributed by atoms with E-state index in [1.165, 1.54) is 38.5 Å². The van der Waals surface area contributed by atoms with Gasteiger partial charge in [0.2, 0.25) is 0 Å². The smallest absolute Gasteiger partial charge is 0.162 e. The number of hydrogen-bond acceptors (Lipinski definition) is 2. The molecule has 2 rings (SSSR count). The molecule has 1 saturated carbocycles. The average Bonchev–Trinajstić information content (AvgIpc) is 2.77. The standard InChI is InChI=1S/C14H24BrNO/c1-13(2,12(17)11-15)16-9-7-14(8-10-16)5-3-4-6-14/h3-11H2,1-2H3. The summed E-state index contributed by atoms with van der Waals surface area (Å²) in [7, 11) is 0. The quantitative estimate of drug-likeness (QED) is 0.745. The Balaban J connectivity index is 1.96. The van der Waals surface area contributed by atoms with E-state index < -0.39 is 0 Å². The molecule has 0 bridgehead atoms. The molecule has 1 aliphatic heterocycles. The van der Waals surface area contributed by atoms with Gasteiger partial charge in [-0.25, -0.2) is 0 Å².